The molecule has 0 radical (unpaired) electrons. The van der Waals surface area contributed by atoms with Crippen LogP contribution in [0.1, 0.15) is 36.2 Å². The maximum Gasteiger partial charge on any atom is 0.401 e. The van der Waals surface area contributed by atoms with E-state index >= 15 is 0 Å². The van der Waals surface area contributed by atoms with Gasteiger partial charge in [0.2, 0.25) is 0 Å². The molecule has 2 aromatic heterocycles. The lowest BCUT2D eigenvalue weighted by Gasteiger charge is -2.42. The fourth-order valence-electron chi connectivity index (χ4n) is 5.20. The highest BCUT2D eigenvalue weighted by Gasteiger charge is 2.41. The first-order valence-electron chi connectivity index (χ1n) is 12.1. The third-order valence-corrected chi connectivity index (χ3v) is 6.89. The average Bonchev–Trinajstić information content (AvgIpc) is 3.35. The minimum absolute atomic E-state index is 0.253. The predicted octanol–water partition coefficient (Wildman–Crippen LogP) is 4.22. The van der Waals surface area contributed by atoms with Crippen LogP contribution in [0.2, 0.25) is 0 Å². The van der Waals surface area contributed by atoms with Crippen molar-refractivity contribution in [3.8, 4) is 11.4 Å². The molecule has 1 fully saturated rings. The number of aromatic amines is 1. The molecular weight excluding hydrogens is 474 g/mol. The van der Waals surface area contributed by atoms with E-state index in [9.17, 15) is 17.6 Å². The van der Waals surface area contributed by atoms with E-state index in [4.69, 9.17) is 0 Å². The van der Waals surface area contributed by atoms with Gasteiger partial charge in [-0.2, -0.15) is 18.3 Å². The van der Waals surface area contributed by atoms with Gasteiger partial charge in [-0.15, -0.1) is 0 Å². The summed E-state index contributed by atoms with van der Waals surface area (Å²) in [5, 5.41) is 10.2. The number of likely N-dealkylation sites (tertiary alicyclic amines) is 1. The molecule has 7 nitrogen and oxygen atoms in total. The Hall–Kier alpha value is -3.05. The molecule has 0 unspecified atom stereocenters. The van der Waals surface area contributed by atoms with Gasteiger partial charge in [-0.05, 0) is 49.1 Å². The lowest BCUT2D eigenvalue weighted by atomic mass is 9.85. The zero-order valence-corrected chi connectivity index (χ0v) is 20.0. The number of pyridine rings is 1. The van der Waals surface area contributed by atoms with Crippen LogP contribution in [-0.2, 0) is 6.42 Å². The second kappa shape index (κ2) is 10.1. The molecule has 3 aromatic rings. The summed E-state index contributed by atoms with van der Waals surface area (Å²) in [6.45, 7) is 2.92. The van der Waals surface area contributed by atoms with Crippen LogP contribution in [0.5, 0.6) is 0 Å². The topological polar surface area (TPSA) is 73.0 Å². The van der Waals surface area contributed by atoms with Crippen LogP contribution < -0.4 is 5.32 Å². The SMILES string of the molecule is C[C@@H]1Cc2cc(-c3nc[nH]n3)ccc2[C@H](c2ccc(NC3CN(CCCF)C3)cn2)N1CC(F)(F)F. The van der Waals surface area contributed by atoms with Crippen molar-refractivity contribution < 1.29 is 17.6 Å². The summed E-state index contributed by atoms with van der Waals surface area (Å²) in [4.78, 5) is 12.5. The van der Waals surface area contributed by atoms with E-state index in [1.165, 1.54) is 11.2 Å². The Kier molecular flexibility index (Phi) is 6.94. The molecule has 0 aliphatic carbocycles. The molecule has 11 heteroatoms. The van der Waals surface area contributed by atoms with Crippen LogP contribution >= 0.6 is 0 Å². The Morgan fingerprint density at radius 2 is 1.97 bits per heavy atom. The number of nitrogens with one attached hydrogen (secondary N) is 2. The molecule has 5 rings (SSSR count). The van der Waals surface area contributed by atoms with Crippen LogP contribution in [0.4, 0.5) is 23.2 Å². The molecule has 1 saturated heterocycles. The van der Waals surface area contributed by atoms with E-state index in [2.05, 4.69) is 30.4 Å². The van der Waals surface area contributed by atoms with Gasteiger partial charge in [0, 0.05) is 31.2 Å². The van der Waals surface area contributed by atoms with Crippen LogP contribution in [0.3, 0.4) is 0 Å². The number of halogens is 4. The summed E-state index contributed by atoms with van der Waals surface area (Å²) in [6, 6.07) is 8.65. The van der Waals surface area contributed by atoms with E-state index in [0.717, 1.165) is 42.0 Å². The third kappa shape index (κ3) is 5.36. The van der Waals surface area contributed by atoms with Crippen LogP contribution in [-0.4, -0.2) is 81.1 Å². The molecule has 2 N–H and O–H groups in total. The highest BCUT2D eigenvalue weighted by molar-refractivity contribution is 5.58. The van der Waals surface area contributed by atoms with Crippen molar-refractivity contribution in [2.45, 2.75) is 44.1 Å². The Bertz CT molecular complexity index is 1140. The maximum absolute atomic E-state index is 13.6. The summed E-state index contributed by atoms with van der Waals surface area (Å²) >= 11 is 0. The Balaban J connectivity index is 1.39. The fourth-order valence-corrected chi connectivity index (χ4v) is 5.20. The number of hydrogen-bond acceptors (Lipinski definition) is 6. The van der Waals surface area contributed by atoms with Crippen molar-refractivity contribution in [2.75, 3.05) is 38.2 Å². The first kappa shape index (κ1) is 24.6. The zero-order chi connectivity index (χ0) is 25.3. The number of H-pyrrole nitrogens is 1. The number of aromatic nitrogens is 4. The highest BCUT2D eigenvalue weighted by atomic mass is 19.4. The molecule has 1 aromatic carbocycles. The minimum atomic E-state index is -4.33. The van der Waals surface area contributed by atoms with Crippen LogP contribution in [0.25, 0.3) is 11.4 Å². The van der Waals surface area contributed by atoms with Gasteiger partial charge in [-0.1, -0.05) is 12.1 Å². The lowest BCUT2D eigenvalue weighted by molar-refractivity contribution is -0.155. The molecule has 4 heterocycles. The highest BCUT2D eigenvalue weighted by Crippen LogP contribution is 2.40. The number of nitrogens with zero attached hydrogens (tertiary/aromatic N) is 5. The summed E-state index contributed by atoms with van der Waals surface area (Å²) in [7, 11) is 0. The van der Waals surface area contributed by atoms with Crippen molar-refractivity contribution in [3.63, 3.8) is 0 Å². The molecule has 0 bridgehead atoms. The van der Waals surface area contributed by atoms with E-state index in [1.807, 2.05) is 31.2 Å². The summed E-state index contributed by atoms with van der Waals surface area (Å²) in [5.41, 5.74) is 3.99. The van der Waals surface area contributed by atoms with Crippen LogP contribution in [0.15, 0.2) is 42.9 Å². The number of alkyl halides is 4. The van der Waals surface area contributed by atoms with Gasteiger partial charge in [-0.3, -0.25) is 24.3 Å². The number of anilines is 1. The molecule has 0 saturated carbocycles. The van der Waals surface area contributed by atoms with Gasteiger partial charge in [0.15, 0.2) is 5.82 Å². The van der Waals surface area contributed by atoms with E-state index in [-0.39, 0.29) is 18.8 Å². The molecule has 0 spiro atoms. The van der Waals surface area contributed by atoms with Crippen molar-refractivity contribution in [2.24, 2.45) is 0 Å². The summed E-state index contributed by atoms with van der Waals surface area (Å²) < 4.78 is 53.1. The summed E-state index contributed by atoms with van der Waals surface area (Å²) in [5.74, 6) is 0.549. The van der Waals surface area contributed by atoms with Crippen molar-refractivity contribution >= 4 is 5.69 Å². The monoisotopic (exact) mass is 503 g/mol. The first-order chi connectivity index (χ1) is 17.3. The second-order valence-corrected chi connectivity index (χ2v) is 9.59. The number of hydrogen-bond donors (Lipinski definition) is 2. The van der Waals surface area contributed by atoms with Gasteiger partial charge in [0.1, 0.15) is 6.33 Å². The van der Waals surface area contributed by atoms with E-state index in [1.54, 1.807) is 12.3 Å². The molecule has 36 heavy (non-hydrogen) atoms. The molecule has 192 valence electrons. The Morgan fingerprint density at radius 3 is 2.64 bits per heavy atom. The molecule has 2 atom stereocenters. The molecule has 2 aliphatic heterocycles. The van der Waals surface area contributed by atoms with Crippen molar-refractivity contribution in [3.05, 3.63) is 59.7 Å². The second-order valence-electron chi connectivity index (χ2n) is 9.59. The fraction of sp³-hybridized carbons (Fsp3) is 0.480. The largest absolute Gasteiger partial charge is 0.401 e. The van der Waals surface area contributed by atoms with Gasteiger partial charge in [0.05, 0.1) is 42.9 Å². The maximum atomic E-state index is 13.6. The van der Waals surface area contributed by atoms with Crippen molar-refractivity contribution in [1.29, 1.82) is 0 Å². The standard InChI is InChI=1S/C25H29F4N7/c1-16-9-18-10-17(24-31-15-32-34-24)3-5-21(18)23(36(16)14-25(27,28)29)22-6-4-19(11-30-22)33-20-12-35(13-20)8-2-7-26/h3-6,10-11,15-16,20,23,33H,2,7-9,12-14H2,1H3,(H,31,32,34)/t16-,23-/m1/s1. The minimum Gasteiger partial charge on any atom is -0.378 e. The Labute approximate surface area is 206 Å². The van der Waals surface area contributed by atoms with E-state index < -0.39 is 18.8 Å². The predicted molar refractivity (Wildman–Crippen MR) is 128 cm³/mol. The van der Waals surface area contributed by atoms with Crippen molar-refractivity contribution in [1.82, 2.24) is 30.0 Å². The Morgan fingerprint density at radius 1 is 1.14 bits per heavy atom. The molecule has 2 aliphatic rings. The number of benzene rings is 1. The van der Waals surface area contributed by atoms with E-state index in [0.29, 0.717) is 24.4 Å². The zero-order valence-electron chi connectivity index (χ0n) is 20.0. The van der Waals surface area contributed by atoms with Gasteiger partial charge >= 0.3 is 6.18 Å². The average molecular weight is 504 g/mol. The van der Waals surface area contributed by atoms with Gasteiger partial charge in [0.25, 0.3) is 0 Å². The quantitative estimate of drug-likeness (QED) is 0.449. The van der Waals surface area contributed by atoms with Gasteiger partial charge in [-0.25, -0.2) is 4.98 Å². The summed E-state index contributed by atoms with van der Waals surface area (Å²) in [6.07, 6.45) is -0.121. The first-order valence-corrected chi connectivity index (χ1v) is 12.1. The smallest absolute Gasteiger partial charge is 0.378 e. The normalized spacial score (nSPS) is 21.2. The number of fused-ring (bicyclic) bond motifs is 1. The third-order valence-electron chi connectivity index (χ3n) is 6.89. The molecule has 0 amide bonds. The molecular formula is C25H29F4N7. The number of rotatable bonds is 8. The lowest BCUT2D eigenvalue weighted by Crippen LogP contribution is -2.54. The van der Waals surface area contributed by atoms with Crippen LogP contribution in [0, 0.1) is 0 Å². The van der Waals surface area contributed by atoms with Gasteiger partial charge < -0.3 is 5.32 Å².